The molecule has 8 heteroatoms. The number of aliphatic hydroxyl groups is 1. The largest absolute Gasteiger partial charge is 0.392 e. The molecule has 0 saturated carbocycles. The highest BCUT2D eigenvalue weighted by Crippen LogP contribution is 2.22. The molecule has 0 atom stereocenters. The van der Waals surface area contributed by atoms with Crippen molar-refractivity contribution in [2.45, 2.75) is 11.5 Å². The zero-order chi connectivity index (χ0) is 15.6. The molecule has 0 amide bonds. The van der Waals surface area contributed by atoms with Gasteiger partial charge in [0.05, 0.1) is 6.61 Å². The summed E-state index contributed by atoms with van der Waals surface area (Å²) in [5, 5.41) is 8.92. The maximum absolute atomic E-state index is 13.6. The molecular formula is C13H10F3NO3S. The Morgan fingerprint density at radius 1 is 1.05 bits per heavy atom. The van der Waals surface area contributed by atoms with Gasteiger partial charge in [-0.05, 0) is 42.0 Å². The normalized spacial score (nSPS) is 11.4. The van der Waals surface area contributed by atoms with E-state index < -0.39 is 39.0 Å². The first kappa shape index (κ1) is 15.3. The number of rotatable bonds is 4. The maximum atomic E-state index is 13.6. The van der Waals surface area contributed by atoms with Crippen molar-refractivity contribution in [2.75, 3.05) is 4.72 Å². The van der Waals surface area contributed by atoms with Gasteiger partial charge < -0.3 is 5.11 Å². The first-order chi connectivity index (χ1) is 9.83. The molecule has 0 radical (unpaired) electrons. The van der Waals surface area contributed by atoms with E-state index in [1.807, 2.05) is 4.72 Å². The van der Waals surface area contributed by atoms with Crippen molar-refractivity contribution >= 4 is 15.7 Å². The zero-order valence-electron chi connectivity index (χ0n) is 10.5. The lowest BCUT2D eigenvalue weighted by Crippen LogP contribution is -2.16. The van der Waals surface area contributed by atoms with E-state index in [0.29, 0.717) is 6.07 Å². The number of halogens is 3. The summed E-state index contributed by atoms with van der Waals surface area (Å²) in [6, 6.07) is 5.82. The predicted octanol–water partition coefficient (Wildman–Crippen LogP) is 2.40. The minimum Gasteiger partial charge on any atom is -0.392 e. The van der Waals surface area contributed by atoms with E-state index in [0.717, 1.165) is 30.3 Å². The quantitative estimate of drug-likeness (QED) is 0.910. The van der Waals surface area contributed by atoms with Gasteiger partial charge in [-0.2, -0.15) is 0 Å². The average Bonchev–Trinajstić information content (AvgIpc) is 2.43. The van der Waals surface area contributed by atoms with Crippen LogP contribution in [0.4, 0.5) is 18.9 Å². The highest BCUT2D eigenvalue weighted by atomic mass is 32.2. The van der Waals surface area contributed by atoms with Crippen molar-refractivity contribution in [3.63, 3.8) is 0 Å². The maximum Gasteiger partial charge on any atom is 0.264 e. The summed E-state index contributed by atoms with van der Waals surface area (Å²) in [7, 11) is -4.41. The van der Waals surface area contributed by atoms with Gasteiger partial charge in [-0.15, -0.1) is 0 Å². The molecule has 0 fully saturated rings. The zero-order valence-corrected chi connectivity index (χ0v) is 11.3. The molecule has 2 aromatic carbocycles. The van der Waals surface area contributed by atoms with Crippen molar-refractivity contribution < 1.29 is 26.7 Å². The Bertz CT molecular complexity index is 761. The number of anilines is 1. The van der Waals surface area contributed by atoms with Crippen LogP contribution < -0.4 is 4.72 Å². The summed E-state index contributed by atoms with van der Waals surface area (Å²) in [5.74, 6) is -3.51. The van der Waals surface area contributed by atoms with Gasteiger partial charge in [0.15, 0.2) is 11.6 Å². The average molecular weight is 317 g/mol. The molecule has 0 aromatic heterocycles. The lowest BCUT2D eigenvalue weighted by atomic mass is 10.2. The molecule has 2 rings (SSSR count). The van der Waals surface area contributed by atoms with Gasteiger partial charge >= 0.3 is 0 Å². The molecule has 0 aliphatic heterocycles. The minimum absolute atomic E-state index is 0.00869. The lowest BCUT2D eigenvalue weighted by Gasteiger charge is -2.10. The third-order valence-electron chi connectivity index (χ3n) is 2.62. The Labute approximate surface area is 118 Å². The van der Waals surface area contributed by atoms with Crippen LogP contribution in [0.1, 0.15) is 5.56 Å². The van der Waals surface area contributed by atoms with Crippen molar-refractivity contribution in [1.82, 2.24) is 0 Å². The SMILES string of the molecule is O=S(=O)(Nc1ccc(F)cc1)c1cc(CO)cc(F)c1F. The van der Waals surface area contributed by atoms with Gasteiger partial charge in [0, 0.05) is 5.69 Å². The molecule has 0 heterocycles. The van der Waals surface area contributed by atoms with Crippen LogP contribution in [0.15, 0.2) is 41.3 Å². The second-order valence-electron chi connectivity index (χ2n) is 4.16. The number of sulfonamides is 1. The van der Waals surface area contributed by atoms with Crippen LogP contribution in [0.3, 0.4) is 0 Å². The van der Waals surface area contributed by atoms with E-state index >= 15 is 0 Å². The van der Waals surface area contributed by atoms with Gasteiger partial charge in [0.25, 0.3) is 10.0 Å². The second-order valence-corrected chi connectivity index (χ2v) is 5.81. The monoisotopic (exact) mass is 317 g/mol. The van der Waals surface area contributed by atoms with Crippen LogP contribution in [-0.2, 0) is 16.6 Å². The Hall–Kier alpha value is -2.06. The van der Waals surface area contributed by atoms with Gasteiger partial charge in [0.2, 0.25) is 0 Å². The first-order valence-electron chi connectivity index (χ1n) is 5.70. The number of benzene rings is 2. The van der Waals surface area contributed by atoms with E-state index in [1.54, 1.807) is 0 Å². The van der Waals surface area contributed by atoms with Crippen molar-refractivity contribution in [3.05, 3.63) is 59.4 Å². The van der Waals surface area contributed by atoms with E-state index in [-0.39, 0.29) is 11.3 Å². The number of nitrogens with one attached hydrogen (secondary N) is 1. The van der Waals surface area contributed by atoms with E-state index in [4.69, 9.17) is 5.11 Å². The molecule has 21 heavy (non-hydrogen) atoms. The lowest BCUT2D eigenvalue weighted by molar-refractivity contribution is 0.280. The van der Waals surface area contributed by atoms with Crippen molar-refractivity contribution in [2.24, 2.45) is 0 Å². The molecule has 0 saturated heterocycles. The van der Waals surface area contributed by atoms with E-state index in [1.165, 1.54) is 0 Å². The molecule has 0 aliphatic carbocycles. The van der Waals surface area contributed by atoms with Crippen molar-refractivity contribution in [3.8, 4) is 0 Å². The summed E-state index contributed by atoms with van der Waals surface area (Å²) < 4.78 is 65.8. The summed E-state index contributed by atoms with van der Waals surface area (Å²) in [6.45, 7) is -0.643. The smallest absolute Gasteiger partial charge is 0.264 e. The Kier molecular flexibility index (Phi) is 4.19. The fourth-order valence-corrected chi connectivity index (χ4v) is 2.83. The predicted molar refractivity (Wildman–Crippen MR) is 69.5 cm³/mol. The standard InChI is InChI=1S/C13H10F3NO3S/c14-9-1-3-10(4-2-9)17-21(19,20)12-6-8(7-18)5-11(15)13(12)16/h1-6,17-18H,7H2. The highest BCUT2D eigenvalue weighted by Gasteiger charge is 2.23. The summed E-state index contributed by atoms with van der Waals surface area (Å²) in [4.78, 5) is -0.934. The summed E-state index contributed by atoms with van der Waals surface area (Å²) in [6.07, 6.45) is 0. The molecule has 0 spiro atoms. The van der Waals surface area contributed by atoms with Gasteiger partial charge in [0.1, 0.15) is 10.7 Å². The number of hydrogen-bond donors (Lipinski definition) is 2. The van der Waals surface area contributed by atoms with Crippen LogP contribution >= 0.6 is 0 Å². The van der Waals surface area contributed by atoms with Crippen LogP contribution in [0.2, 0.25) is 0 Å². The fourth-order valence-electron chi connectivity index (χ4n) is 1.63. The number of hydrogen-bond acceptors (Lipinski definition) is 3. The molecule has 0 unspecified atom stereocenters. The summed E-state index contributed by atoms with van der Waals surface area (Å²) in [5.41, 5.74) is -0.0982. The van der Waals surface area contributed by atoms with Crippen molar-refractivity contribution in [1.29, 1.82) is 0 Å². The Morgan fingerprint density at radius 2 is 1.67 bits per heavy atom. The van der Waals surface area contributed by atoms with Crippen LogP contribution in [-0.4, -0.2) is 13.5 Å². The topological polar surface area (TPSA) is 66.4 Å². The molecule has 4 nitrogen and oxygen atoms in total. The van der Waals surface area contributed by atoms with Gasteiger partial charge in [-0.1, -0.05) is 0 Å². The molecule has 2 aromatic rings. The van der Waals surface area contributed by atoms with E-state index in [2.05, 4.69) is 0 Å². The van der Waals surface area contributed by atoms with Gasteiger partial charge in [-0.3, -0.25) is 4.72 Å². The van der Waals surface area contributed by atoms with Crippen LogP contribution in [0.5, 0.6) is 0 Å². The molecule has 0 aliphatic rings. The summed E-state index contributed by atoms with van der Waals surface area (Å²) >= 11 is 0. The number of aliphatic hydroxyl groups excluding tert-OH is 1. The second kappa shape index (κ2) is 5.74. The molecular weight excluding hydrogens is 307 g/mol. The van der Waals surface area contributed by atoms with Crippen LogP contribution in [0.25, 0.3) is 0 Å². The Morgan fingerprint density at radius 3 is 2.24 bits per heavy atom. The minimum atomic E-state index is -4.41. The Balaban J connectivity index is 2.44. The molecule has 2 N–H and O–H groups in total. The fraction of sp³-hybridized carbons (Fsp3) is 0.0769. The molecule has 0 bridgehead atoms. The van der Waals surface area contributed by atoms with E-state index in [9.17, 15) is 21.6 Å². The molecule has 112 valence electrons. The van der Waals surface area contributed by atoms with Gasteiger partial charge in [-0.25, -0.2) is 21.6 Å². The first-order valence-corrected chi connectivity index (χ1v) is 7.19. The third-order valence-corrected chi connectivity index (χ3v) is 4.00. The third kappa shape index (κ3) is 3.34. The van der Waals surface area contributed by atoms with Crippen LogP contribution in [0, 0.1) is 17.5 Å². The highest BCUT2D eigenvalue weighted by molar-refractivity contribution is 7.92.